The van der Waals surface area contributed by atoms with Crippen LogP contribution in [0.1, 0.15) is 11.1 Å². The monoisotopic (exact) mass is 475 g/mol. The normalized spacial score (nSPS) is 12.4. The van der Waals surface area contributed by atoms with Crippen LogP contribution >= 0.6 is 0 Å². The van der Waals surface area contributed by atoms with E-state index in [1.165, 1.54) is 0 Å². The fourth-order valence-corrected chi connectivity index (χ4v) is 6.47. The van der Waals surface area contributed by atoms with E-state index in [9.17, 15) is 16.8 Å². The maximum absolute atomic E-state index is 13.2. The summed E-state index contributed by atoms with van der Waals surface area (Å²) in [5.74, 6) is 0. The lowest BCUT2D eigenvalue weighted by Crippen LogP contribution is -2.02. The van der Waals surface area contributed by atoms with E-state index in [4.69, 9.17) is 0 Å². The third-order valence-electron chi connectivity index (χ3n) is 5.82. The molecule has 0 saturated heterocycles. The van der Waals surface area contributed by atoms with Crippen molar-refractivity contribution in [2.45, 2.75) is 33.4 Å². The van der Waals surface area contributed by atoms with Crippen molar-refractivity contribution in [2.75, 3.05) is 0 Å². The Morgan fingerprint density at radius 2 is 0.818 bits per heavy atom. The third kappa shape index (κ3) is 3.63. The van der Waals surface area contributed by atoms with E-state index >= 15 is 0 Å². The number of aromatic nitrogens is 1. The van der Waals surface area contributed by atoms with Crippen LogP contribution in [-0.4, -0.2) is 21.8 Å². The highest BCUT2D eigenvalue weighted by Crippen LogP contribution is 2.32. The minimum absolute atomic E-state index is 0.159. The van der Waals surface area contributed by atoms with E-state index in [1.54, 1.807) is 84.9 Å². The van der Waals surface area contributed by atoms with Crippen LogP contribution < -0.4 is 0 Å². The van der Waals surface area contributed by atoms with Gasteiger partial charge in [0, 0.05) is 21.8 Å². The molecule has 0 unspecified atom stereocenters. The second-order valence-electron chi connectivity index (χ2n) is 8.17. The van der Waals surface area contributed by atoms with Crippen molar-refractivity contribution in [1.82, 2.24) is 4.98 Å². The third-order valence-corrected chi connectivity index (χ3v) is 9.36. The number of sulfone groups is 2. The number of aryl methyl sites for hydroxylation is 2. The molecule has 0 aliphatic heterocycles. The molecule has 166 valence electrons. The highest BCUT2D eigenvalue weighted by Gasteiger charge is 2.21. The van der Waals surface area contributed by atoms with Crippen molar-refractivity contribution in [1.29, 1.82) is 0 Å². The fourth-order valence-electron chi connectivity index (χ4n) is 3.90. The predicted molar refractivity (Wildman–Crippen MR) is 129 cm³/mol. The molecule has 0 fully saturated rings. The molecular formula is C26H21NO4S2. The summed E-state index contributed by atoms with van der Waals surface area (Å²) in [7, 11) is -7.42. The van der Waals surface area contributed by atoms with Crippen molar-refractivity contribution >= 4 is 41.5 Å². The molecule has 5 nitrogen and oxygen atoms in total. The lowest BCUT2D eigenvalue weighted by Gasteiger charge is -2.07. The van der Waals surface area contributed by atoms with Gasteiger partial charge in [0.25, 0.3) is 0 Å². The van der Waals surface area contributed by atoms with E-state index < -0.39 is 19.7 Å². The van der Waals surface area contributed by atoms with E-state index in [-0.39, 0.29) is 19.6 Å². The summed E-state index contributed by atoms with van der Waals surface area (Å²) in [6.45, 7) is 3.80. The minimum atomic E-state index is -3.71. The van der Waals surface area contributed by atoms with Crippen LogP contribution in [0.25, 0.3) is 21.8 Å². The zero-order valence-electron chi connectivity index (χ0n) is 18.0. The Kier molecular flexibility index (Phi) is 4.92. The fraction of sp³-hybridized carbons (Fsp3) is 0.0769. The number of hydrogen-bond donors (Lipinski definition) is 1. The Morgan fingerprint density at radius 1 is 0.485 bits per heavy atom. The van der Waals surface area contributed by atoms with E-state index in [2.05, 4.69) is 4.98 Å². The Morgan fingerprint density at radius 3 is 1.18 bits per heavy atom. The quantitative estimate of drug-likeness (QED) is 0.366. The predicted octanol–water partition coefficient (Wildman–Crippen LogP) is 5.60. The molecule has 0 aliphatic carbocycles. The SMILES string of the molecule is Cc1ccc(S(=O)(=O)c2ccc3[nH]c4ccc(S(=O)(=O)c5ccc(C)cc5)cc4c3c2)cc1. The number of benzene rings is 4. The van der Waals surface area contributed by atoms with Crippen molar-refractivity contribution in [2.24, 2.45) is 0 Å². The molecule has 7 heteroatoms. The number of H-pyrrole nitrogens is 1. The first-order chi connectivity index (χ1) is 15.7. The summed E-state index contributed by atoms with van der Waals surface area (Å²) in [5, 5.41) is 1.30. The van der Waals surface area contributed by atoms with Gasteiger partial charge in [-0.05, 0) is 74.5 Å². The van der Waals surface area contributed by atoms with Crippen LogP contribution in [0.3, 0.4) is 0 Å². The zero-order chi connectivity index (χ0) is 23.4. The summed E-state index contributed by atoms with van der Waals surface area (Å²) in [6.07, 6.45) is 0. The highest BCUT2D eigenvalue weighted by molar-refractivity contribution is 7.91. The molecule has 1 aromatic heterocycles. The first-order valence-electron chi connectivity index (χ1n) is 10.4. The molecule has 1 N–H and O–H groups in total. The average molecular weight is 476 g/mol. The molecule has 0 spiro atoms. The molecule has 0 amide bonds. The van der Waals surface area contributed by atoms with Crippen LogP contribution in [0.4, 0.5) is 0 Å². The van der Waals surface area contributed by atoms with Gasteiger partial charge in [-0.2, -0.15) is 0 Å². The maximum Gasteiger partial charge on any atom is 0.206 e. The molecular weight excluding hydrogens is 454 g/mol. The second-order valence-corrected chi connectivity index (χ2v) is 12.1. The molecule has 33 heavy (non-hydrogen) atoms. The van der Waals surface area contributed by atoms with Gasteiger partial charge in [-0.1, -0.05) is 35.4 Å². The molecule has 0 saturated carbocycles. The van der Waals surface area contributed by atoms with Crippen LogP contribution in [0.15, 0.2) is 105 Å². The first kappa shape index (κ1) is 21.4. The number of fused-ring (bicyclic) bond motifs is 3. The Bertz CT molecular complexity index is 1600. The maximum atomic E-state index is 13.2. The average Bonchev–Trinajstić information content (AvgIpc) is 3.17. The summed E-state index contributed by atoms with van der Waals surface area (Å²) >= 11 is 0. The highest BCUT2D eigenvalue weighted by atomic mass is 32.2. The number of hydrogen-bond acceptors (Lipinski definition) is 4. The van der Waals surface area contributed by atoms with Gasteiger partial charge in [-0.15, -0.1) is 0 Å². The molecule has 5 rings (SSSR count). The molecule has 4 aromatic carbocycles. The van der Waals surface area contributed by atoms with Gasteiger partial charge in [0.15, 0.2) is 0 Å². The molecule has 1 heterocycles. The first-order valence-corrected chi connectivity index (χ1v) is 13.3. The van der Waals surface area contributed by atoms with Crippen LogP contribution in [0, 0.1) is 13.8 Å². The lowest BCUT2D eigenvalue weighted by atomic mass is 10.1. The Balaban J connectivity index is 1.67. The molecule has 0 aliphatic rings. The standard InChI is InChI=1S/C26H21NO4S2/c1-17-3-7-19(8-4-17)32(28,29)21-11-13-25-23(15-21)24-16-22(12-14-26(24)27-25)33(30,31)20-9-5-18(2)6-10-20/h3-16,27H,1-2H3. The molecule has 0 atom stereocenters. The van der Waals surface area contributed by atoms with Gasteiger partial charge in [0.05, 0.1) is 19.6 Å². The van der Waals surface area contributed by atoms with Gasteiger partial charge >= 0.3 is 0 Å². The Hall–Kier alpha value is -3.42. The summed E-state index contributed by atoms with van der Waals surface area (Å²) in [6, 6.07) is 23.2. The lowest BCUT2D eigenvalue weighted by molar-refractivity contribution is 0.594. The summed E-state index contributed by atoms with van der Waals surface area (Å²) < 4.78 is 52.7. The van der Waals surface area contributed by atoms with Crippen LogP contribution in [0.2, 0.25) is 0 Å². The number of nitrogens with one attached hydrogen (secondary N) is 1. The van der Waals surface area contributed by atoms with Gasteiger partial charge in [-0.25, -0.2) is 16.8 Å². The number of rotatable bonds is 4. The summed E-state index contributed by atoms with van der Waals surface area (Å²) in [5.41, 5.74) is 3.42. The van der Waals surface area contributed by atoms with Crippen molar-refractivity contribution in [3.05, 3.63) is 96.1 Å². The zero-order valence-corrected chi connectivity index (χ0v) is 19.7. The van der Waals surface area contributed by atoms with Gasteiger partial charge < -0.3 is 4.98 Å². The smallest absolute Gasteiger partial charge is 0.206 e. The van der Waals surface area contributed by atoms with E-state index in [0.29, 0.717) is 10.8 Å². The van der Waals surface area contributed by atoms with Crippen molar-refractivity contribution in [3.8, 4) is 0 Å². The topological polar surface area (TPSA) is 84.1 Å². The second kappa shape index (κ2) is 7.57. The Labute approximate surface area is 192 Å². The van der Waals surface area contributed by atoms with Gasteiger partial charge in [-0.3, -0.25) is 0 Å². The molecule has 0 bridgehead atoms. The molecule has 0 radical (unpaired) electrons. The largest absolute Gasteiger partial charge is 0.355 e. The molecule has 5 aromatic rings. The van der Waals surface area contributed by atoms with Crippen molar-refractivity contribution < 1.29 is 16.8 Å². The van der Waals surface area contributed by atoms with Gasteiger partial charge in [0.2, 0.25) is 19.7 Å². The van der Waals surface area contributed by atoms with Crippen LogP contribution in [0.5, 0.6) is 0 Å². The van der Waals surface area contributed by atoms with Crippen LogP contribution in [-0.2, 0) is 19.7 Å². The van der Waals surface area contributed by atoms with Crippen molar-refractivity contribution in [3.63, 3.8) is 0 Å². The minimum Gasteiger partial charge on any atom is -0.355 e. The summed E-state index contributed by atoms with van der Waals surface area (Å²) in [4.78, 5) is 3.99. The van der Waals surface area contributed by atoms with Gasteiger partial charge in [0.1, 0.15) is 0 Å². The van der Waals surface area contributed by atoms with E-state index in [1.807, 2.05) is 13.8 Å². The van der Waals surface area contributed by atoms with E-state index in [0.717, 1.165) is 22.2 Å². The number of aromatic amines is 1.